The normalized spacial score (nSPS) is 22.1. The molecule has 2 heterocycles. The molecule has 2 saturated heterocycles. The van der Waals surface area contributed by atoms with Gasteiger partial charge in [0, 0.05) is 31.4 Å². The standard InChI is InChI=1S/C24H30N2O3/c1-19-23(27)26(21-9-6-10-22(17-21)28-2)18-24(29-19)12-15-25(16-13-24)14-11-20-7-4-3-5-8-20/h3-10,17,19H,11-16,18H2,1-2H3. The summed E-state index contributed by atoms with van der Waals surface area (Å²) in [5, 5.41) is 0. The second kappa shape index (κ2) is 8.56. The number of amides is 1. The lowest BCUT2D eigenvalue weighted by Crippen LogP contribution is -2.61. The fourth-order valence-electron chi connectivity index (χ4n) is 4.44. The molecule has 2 aliphatic rings. The molecule has 0 radical (unpaired) electrons. The van der Waals surface area contributed by atoms with E-state index >= 15 is 0 Å². The van der Waals surface area contributed by atoms with E-state index in [-0.39, 0.29) is 11.5 Å². The van der Waals surface area contributed by atoms with Crippen molar-refractivity contribution in [2.45, 2.75) is 37.9 Å². The van der Waals surface area contributed by atoms with E-state index in [1.165, 1.54) is 5.56 Å². The molecule has 1 atom stereocenters. The van der Waals surface area contributed by atoms with Crippen LogP contribution in [0.3, 0.4) is 0 Å². The Bertz CT molecular complexity index is 831. The van der Waals surface area contributed by atoms with E-state index in [1.807, 2.05) is 36.1 Å². The molecule has 1 spiro atoms. The van der Waals surface area contributed by atoms with Crippen LogP contribution in [0.4, 0.5) is 5.69 Å². The van der Waals surface area contributed by atoms with Gasteiger partial charge in [0.1, 0.15) is 11.9 Å². The molecule has 2 aliphatic heterocycles. The van der Waals surface area contributed by atoms with Crippen LogP contribution in [0.2, 0.25) is 0 Å². The first-order valence-corrected chi connectivity index (χ1v) is 10.5. The number of anilines is 1. The molecule has 4 rings (SSSR count). The predicted molar refractivity (Wildman–Crippen MR) is 114 cm³/mol. The minimum Gasteiger partial charge on any atom is -0.497 e. The van der Waals surface area contributed by atoms with Gasteiger partial charge in [0.25, 0.3) is 5.91 Å². The van der Waals surface area contributed by atoms with Crippen LogP contribution in [0.15, 0.2) is 54.6 Å². The van der Waals surface area contributed by atoms with Gasteiger partial charge in [0.05, 0.1) is 19.3 Å². The van der Waals surface area contributed by atoms with E-state index < -0.39 is 6.10 Å². The number of likely N-dealkylation sites (tertiary alicyclic amines) is 1. The van der Waals surface area contributed by atoms with Gasteiger partial charge >= 0.3 is 0 Å². The Balaban J connectivity index is 1.41. The second-order valence-corrected chi connectivity index (χ2v) is 8.15. The number of piperidine rings is 1. The summed E-state index contributed by atoms with van der Waals surface area (Å²) in [7, 11) is 1.65. The van der Waals surface area contributed by atoms with E-state index in [9.17, 15) is 4.79 Å². The summed E-state index contributed by atoms with van der Waals surface area (Å²) in [4.78, 5) is 17.2. The first-order chi connectivity index (χ1) is 14.1. The van der Waals surface area contributed by atoms with Crippen LogP contribution in [-0.4, -0.2) is 55.8 Å². The third kappa shape index (κ3) is 4.46. The lowest BCUT2D eigenvalue weighted by Gasteiger charge is -2.49. The van der Waals surface area contributed by atoms with Crippen LogP contribution in [0.5, 0.6) is 5.75 Å². The summed E-state index contributed by atoms with van der Waals surface area (Å²) in [5.74, 6) is 0.787. The summed E-state index contributed by atoms with van der Waals surface area (Å²) < 4.78 is 11.6. The number of benzene rings is 2. The highest BCUT2D eigenvalue weighted by Crippen LogP contribution is 2.35. The van der Waals surface area contributed by atoms with Gasteiger partial charge in [-0.25, -0.2) is 0 Å². The van der Waals surface area contributed by atoms with E-state index in [1.54, 1.807) is 7.11 Å². The monoisotopic (exact) mass is 394 g/mol. The predicted octanol–water partition coefficient (Wildman–Crippen LogP) is 3.52. The first-order valence-electron chi connectivity index (χ1n) is 10.5. The van der Waals surface area contributed by atoms with Gasteiger partial charge in [-0.1, -0.05) is 36.4 Å². The number of ether oxygens (including phenoxy) is 2. The Morgan fingerprint density at radius 1 is 1.10 bits per heavy atom. The quantitative estimate of drug-likeness (QED) is 0.778. The summed E-state index contributed by atoms with van der Waals surface area (Å²) in [6.07, 6.45) is 2.53. The highest BCUT2D eigenvalue weighted by atomic mass is 16.5. The molecule has 0 N–H and O–H groups in total. The van der Waals surface area contributed by atoms with Gasteiger partial charge < -0.3 is 19.3 Å². The number of carbonyl (C=O) groups excluding carboxylic acids is 1. The molecule has 29 heavy (non-hydrogen) atoms. The van der Waals surface area contributed by atoms with Crippen molar-refractivity contribution in [3.05, 3.63) is 60.2 Å². The van der Waals surface area contributed by atoms with Crippen molar-refractivity contribution in [2.24, 2.45) is 0 Å². The van der Waals surface area contributed by atoms with Crippen molar-refractivity contribution in [1.82, 2.24) is 4.90 Å². The largest absolute Gasteiger partial charge is 0.497 e. The molecule has 2 aromatic rings. The minimum absolute atomic E-state index is 0.0235. The van der Waals surface area contributed by atoms with Gasteiger partial charge in [-0.2, -0.15) is 0 Å². The van der Waals surface area contributed by atoms with Gasteiger partial charge in [-0.05, 0) is 43.9 Å². The van der Waals surface area contributed by atoms with Crippen LogP contribution < -0.4 is 9.64 Å². The Labute approximate surface area is 173 Å². The maximum absolute atomic E-state index is 12.8. The molecule has 2 fully saturated rings. The second-order valence-electron chi connectivity index (χ2n) is 8.15. The molecule has 1 unspecified atom stereocenters. The topological polar surface area (TPSA) is 42.0 Å². The van der Waals surface area contributed by atoms with Gasteiger partial charge in [-0.3, -0.25) is 4.79 Å². The van der Waals surface area contributed by atoms with Crippen molar-refractivity contribution in [1.29, 1.82) is 0 Å². The molecule has 154 valence electrons. The number of hydrogen-bond donors (Lipinski definition) is 0. The molecule has 2 aromatic carbocycles. The fourth-order valence-corrected chi connectivity index (χ4v) is 4.44. The van der Waals surface area contributed by atoms with Crippen molar-refractivity contribution >= 4 is 11.6 Å². The van der Waals surface area contributed by atoms with E-state index in [0.717, 1.165) is 50.3 Å². The third-order valence-electron chi connectivity index (χ3n) is 6.18. The van der Waals surface area contributed by atoms with Gasteiger partial charge in [0.2, 0.25) is 0 Å². The zero-order valence-corrected chi connectivity index (χ0v) is 17.3. The van der Waals surface area contributed by atoms with Crippen LogP contribution in [0.1, 0.15) is 25.3 Å². The molecule has 0 bridgehead atoms. The number of nitrogens with zero attached hydrogens (tertiary/aromatic N) is 2. The number of hydrogen-bond acceptors (Lipinski definition) is 4. The minimum atomic E-state index is -0.425. The van der Waals surface area contributed by atoms with Crippen molar-refractivity contribution in [3.8, 4) is 5.75 Å². The molecule has 5 heteroatoms. The Kier molecular flexibility index (Phi) is 5.88. The van der Waals surface area contributed by atoms with Crippen LogP contribution >= 0.6 is 0 Å². The average molecular weight is 395 g/mol. The smallest absolute Gasteiger partial charge is 0.255 e. The first kappa shape index (κ1) is 19.9. The number of methoxy groups -OCH3 is 1. The summed E-state index contributed by atoms with van der Waals surface area (Å²) in [5.41, 5.74) is 2.00. The summed E-state index contributed by atoms with van der Waals surface area (Å²) in [6.45, 7) is 5.54. The summed E-state index contributed by atoms with van der Waals surface area (Å²) in [6, 6.07) is 18.4. The van der Waals surface area contributed by atoms with E-state index in [4.69, 9.17) is 9.47 Å². The highest BCUT2D eigenvalue weighted by Gasteiger charge is 2.45. The van der Waals surface area contributed by atoms with Crippen LogP contribution in [-0.2, 0) is 16.0 Å². The Morgan fingerprint density at radius 2 is 1.86 bits per heavy atom. The van der Waals surface area contributed by atoms with Gasteiger partial charge in [-0.15, -0.1) is 0 Å². The lowest BCUT2D eigenvalue weighted by molar-refractivity contribution is -0.161. The molecule has 1 amide bonds. The Hall–Kier alpha value is -2.37. The van der Waals surface area contributed by atoms with Crippen molar-refractivity contribution in [2.75, 3.05) is 38.2 Å². The molecular formula is C24H30N2O3. The number of carbonyl (C=O) groups is 1. The lowest BCUT2D eigenvalue weighted by atomic mass is 9.88. The zero-order valence-electron chi connectivity index (χ0n) is 17.3. The highest BCUT2D eigenvalue weighted by molar-refractivity contribution is 5.97. The van der Waals surface area contributed by atoms with Gasteiger partial charge in [0.15, 0.2) is 0 Å². The maximum Gasteiger partial charge on any atom is 0.255 e. The third-order valence-corrected chi connectivity index (χ3v) is 6.18. The van der Waals surface area contributed by atoms with Crippen LogP contribution in [0.25, 0.3) is 0 Å². The van der Waals surface area contributed by atoms with Crippen molar-refractivity contribution in [3.63, 3.8) is 0 Å². The molecule has 0 saturated carbocycles. The Morgan fingerprint density at radius 3 is 2.59 bits per heavy atom. The number of rotatable bonds is 5. The fraction of sp³-hybridized carbons (Fsp3) is 0.458. The van der Waals surface area contributed by atoms with Crippen LogP contribution in [0, 0.1) is 0 Å². The molecular weight excluding hydrogens is 364 g/mol. The SMILES string of the molecule is COc1cccc(N2CC3(CCN(CCc4ccccc4)CC3)OC(C)C2=O)c1. The van der Waals surface area contributed by atoms with Crippen molar-refractivity contribution < 1.29 is 14.3 Å². The maximum atomic E-state index is 12.8. The average Bonchev–Trinajstić information content (AvgIpc) is 2.77. The van der Waals surface area contributed by atoms with E-state index in [0.29, 0.717) is 6.54 Å². The van der Waals surface area contributed by atoms with E-state index in [2.05, 4.69) is 35.2 Å². The zero-order chi connectivity index (χ0) is 20.3. The molecule has 0 aliphatic carbocycles. The molecule has 5 nitrogen and oxygen atoms in total. The molecule has 0 aromatic heterocycles. The summed E-state index contributed by atoms with van der Waals surface area (Å²) >= 11 is 0. The number of morpholine rings is 1.